The maximum absolute atomic E-state index is 12.6. The van der Waals surface area contributed by atoms with E-state index in [1.165, 1.54) is 23.3 Å². The second-order valence-electron chi connectivity index (χ2n) is 9.30. The van der Waals surface area contributed by atoms with Gasteiger partial charge in [-0.25, -0.2) is 9.59 Å². The van der Waals surface area contributed by atoms with Crippen LogP contribution in [-0.2, 0) is 14.3 Å². The topological polar surface area (TPSA) is 105 Å². The molecule has 3 rings (SSSR count). The van der Waals surface area contributed by atoms with Crippen LogP contribution >= 0.6 is 0 Å². The molecule has 7 nitrogen and oxygen atoms in total. The van der Waals surface area contributed by atoms with Crippen LogP contribution in [0.1, 0.15) is 40.0 Å². The first-order chi connectivity index (χ1) is 15.2. The highest BCUT2D eigenvalue weighted by Crippen LogP contribution is 2.48. The van der Waals surface area contributed by atoms with Crippen molar-refractivity contribution in [1.82, 2.24) is 5.32 Å². The van der Waals surface area contributed by atoms with E-state index in [2.05, 4.69) is 35.7 Å². The molecular weight excluding hydrogens is 410 g/mol. The van der Waals surface area contributed by atoms with Crippen LogP contribution in [0.25, 0.3) is 0 Å². The number of fused-ring (bicyclic) bond motifs is 2. The Labute approximate surface area is 189 Å². The Kier molecular flexibility index (Phi) is 7.74. The van der Waals surface area contributed by atoms with Crippen molar-refractivity contribution >= 4 is 12.1 Å². The molecule has 1 amide bonds. The van der Waals surface area contributed by atoms with Crippen LogP contribution in [0.15, 0.2) is 59.8 Å². The lowest BCUT2D eigenvalue weighted by atomic mass is 9.83. The minimum absolute atomic E-state index is 0.0779. The summed E-state index contributed by atoms with van der Waals surface area (Å²) < 4.78 is 10.9. The van der Waals surface area contributed by atoms with Crippen molar-refractivity contribution in [2.45, 2.75) is 58.0 Å². The Morgan fingerprint density at radius 2 is 2.00 bits per heavy atom. The third kappa shape index (κ3) is 6.20. The first-order valence-electron chi connectivity index (χ1n) is 11.1. The van der Waals surface area contributed by atoms with Gasteiger partial charge in [-0.2, -0.15) is 0 Å². The average Bonchev–Trinajstić information content (AvgIpc) is 3.04. The van der Waals surface area contributed by atoms with Gasteiger partial charge in [-0.15, -0.1) is 0 Å². The molecule has 3 aliphatic carbocycles. The number of alkyl carbamates (subject to hydrolysis) is 1. The second kappa shape index (κ2) is 10.3. The molecule has 0 fully saturated rings. The van der Waals surface area contributed by atoms with Crippen molar-refractivity contribution in [2.75, 3.05) is 6.61 Å². The summed E-state index contributed by atoms with van der Waals surface area (Å²) in [5.41, 5.74) is 1.93. The van der Waals surface area contributed by atoms with E-state index >= 15 is 0 Å². The van der Waals surface area contributed by atoms with Crippen LogP contribution in [0.3, 0.4) is 0 Å². The van der Waals surface area contributed by atoms with Crippen LogP contribution in [-0.4, -0.2) is 46.8 Å². The molecule has 0 aromatic carbocycles. The van der Waals surface area contributed by atoms with E-state index in [1.807, 2.05) is 6.08 Å². The summed E-state index contributed by atoms with van der Waals surface area (Å²) in [6.45, 7) is 5.41. The number of aliphatic hydroxyl groups excluding tert-OH is 1. The van der Waals surface area contributed by atoms with Gasteiger partial charge in [0.1, 0.15) is 18.2 Å². The third-order valence-corrected chi connectivity index (χ3v) is 5.70. The van der Waals surface area contributed by atoms with Gasteiger partial charge in [0, 0.05) is 18.3 Å². The van der Waals surface area contributed by atoms with Crippen molar-refractivity contribution in [1.29, 1.82) is 0 Å². The first-order valence-corrected chi connectivity index (χ1v) is 11.1. The van der Waals surface area contributed by atoms with E-state index in [0.29, 0.717) is 5.92 Å². The molecule has 0 aromatic heterocycles. The van der Waals surface area contributed by atoms with Gasteiger partial charge in [0.25, 0.3) is 0 Å². The molecule has 3 N–H and O–H groups in total. The van der Waals surface area contributed by atoms with Crippen LogP contribution in [0.5, 0.6) is 0 Å². The Balaban J connectivity index is 1.64. The van der Waals surface area contributed by atoms with E-state index in [4.69, 9.17) is 19.7 Å². The van der Waals surface area contributed by atoms with Gasteiger partial charge >= 0.3 is 12.1 Å². The lowest BCUT2D eigenvalue weighted by Crippen LogP contribution is -2.43. The van der Waals surface area contributed by atoms with Crippen molar-refractivity contribution < 1.29 is 29.3 Å². The summed E-state index contributed by atoms with van der Waals surface area (Å²) in [5, 5.41) is 20.6. The van der Waals surface area contributed by atoms with Crippen LogP contribution in [0, 0.1) is 17.8 Å². The number of carbonyl (C=O) groups is 2. The number of nitrogens with one attached hydrogen (secondary N) is 1. The highest BCUT2D eigenvalue weighted by atomic mass is 16.6. The number of amides is 1. The van der Waals surface area contributed by atoms with Crippen molar-refractivity contribution in [3.05, 3.63) is 59.8 Å². The highest BCUT2D eigenvalue weighted by molar-refractivity contribution is 5.83. The molecule has 0 aliphatic heterocycles. The minimum atomic E-state index is -1.54. The van der Waals surface area contributed by atoms with Crippen LogP contribution < -0.4 is 5.32 Å². The molecule has 0 aromatic rings. The number of hydrogen-bond donors (Lipinski definition) is 3. The van der Waals surface area contributed by atoms with Gasteiger partial charge in [-0.05, 0) is 45.1 Å². The molecule has 7 heteroatoms. The van der Waals surface area contributed by atoms with Gasteiger partial charge in [0.15, 0.2) is 6.29 Å². The molecule has 0 radical (unpaired) electrons. The quantitative estimate of drug-likeness (QED) is 0.317. The van der Waals surface area contributed by atoms with Crippen molar-refractivity contribution in [3.8, 4) is 0 Å². The van der Waals surface area contributed by atoms with E-state index in [0.717, 1.165) is 12.8 Å². The zero-order valence-corrected chi connectivity index (χ0v) is 18.9. The summed E-state index contributed by atoms with van der Waals surface area (Å²) in [6.07, 6.45) is 15.3. The SMILES string of the molecule is CC(C)(C)OC(=O)C(/C=C/CC(O)O)NC(=O)OCC1C2=C(C=CCC2)C2C=CC=CC21. The molecule has 3 aliphatic rings. The van der Waals surface area contributed by atoms with Crippen LogP contribution in [0.4, 0.5) is 4.79 Å². The van der Waals surface area contributed by atoms with Gasteiger partial charge in [0.2, 0.25) is 0 Å². The number of ether oxygens (including phenoxy) is 2. The summed E-state index contributed by atoms with van der Waals surface area (Å²) in [7, 11) is 0. The molecule has 4 atom stereocenters. The number of hydrogen-bond acceptors (Lipinski definition) is 6. The number of carbonyl (C=O) groups excluding carboxylic acids is 2. The highest BCUT2D eigenvalue weighted by Gasteiger charge is 2.40. The summed E-state index contributed by atoms with van der Waals surface area (Å²) in [5.74, 6) is 0.0208. The molecular formula is C25H33NO6. The Bertz CT molecular complexity index is 858. The number of esters is 1. The van der Waals surface area contributed by atoms with E-state index < -0.39 is 30.0 Å². The number of rotatable bonds is 7. The molecule has 32 heavy (non-hydrogen) atoms. The lowest BCUT2D eigenvalue weighted by Gasteiger charge is -2.25. The standard InChI is InChI=1S/C25H33NO6/c1-25(2,3)32-23(29)21(13-8-14-22(27)28)26-24(30)31-15-20-18-11-6-4-9-16(18)17-10-5-7-12-19(17)20/h4-6,8-11,13,16,18,20-22,27-28H,7,12,14-15H2,1-3H3,(H,26,30)/b13-8+. The maximum atomic E-state index is 12.6. The molecule has 0 spiro atoms. The monoisotopic (exact) mass is 443 g/mol. The number of allylic oxidation sites excluding steroid dienone is 7. The van der Waals surface area contributed by atoms with Gasteiger partial charge in [-0.1, -0.05) is 54.2 Å². The predicted octanol–water partition coefficient (Wildman–Crippen LogP) is 3.31. The minimum Gasteiger partial charge on any atom is -0.458 e. The van der Waals surface area contributed by atoms with Crippen LogP contribution in [0.2, 0.25) is 0 Å². The molecule has 4 unspecified atom stereocenters. The molecule has 0 saturated carbocycles. The largest absolute Gasteiger partial charge is 0.458 e. The predicted molar refractivity (Wildman–Crippen MR) is 120 cm³/mol. The fourth-order valence-corrected chi connectivity index (χ4v) is 4.41. The maximum Gasteiger partial charge on any atom is 0.408 e. The smallest absolute Gasteiger partial charge is 0.408 e. The second-order valence-corrected chi connectivity index (χ2v) is 9.30. The van der Waals surface area contributed by atoms with E-state index in [9.17, 15) is 9.59 Å². The normalized spacial score (nSPS) is 25.1. The molecule has 0 heterocycles. The number of aliphatic hydroxyl groups is 2. The summed E-state index contributed by atoms with van der Waals surface area (Å²) in [6, 6.07) is -1.10. The Morgan fingerprint density at radius 3 is 2.72 bits per heavy atom. The zero-order chi connectivity index (χ0) is 23.3. The summed E-state index contributed by atoms with van der Waals surface area (Å²) in [4.78, 5) is 25.1. The lowest BCUT2D eigenvalue weighted by molar-refractivity contribution is -0.155. The van der Waals surface area contributed by atoms with Gasteiger partial charge in [0.05, 0.1) is 0 Å². The molecule has 0 saturated heterocycles. The fraction of sp³-hybridized carbons (Fsp3) is 0.520. The Morgan fingerprint density at radius 1 is 1.25 bits per heavy atom. The van der Waals surface area contributed by atoms with E-state index in [1.54, 1.807) is 20.8 Å². The fourth-order valence-electron chi connectivity index (χ4n) is 4.41. The third-order valence-electron chi connectivity index (χ3n) is 5.70. The summed E-state index contributed by atoms with van der Waals surface area (Å²) >= 11 is 0. The first kappa shape index (κ1) is 24.0. The molecule has 0 bridgehead atoms. The molecule has 174 valence electrons. The average molecular weight is 444 g/mol. The zero-order valence-electron chi connectivity index (χ0n) is 18.9. The van der Waals surface area contributed by atoms with Crippen molar-refractivity contribution in [2.24, 2.45) is 17.8 Å². The van der Waals surface area contributed by atoms with E-state index in [-0.39, 0.29) is 24.9 Å². The van der Waals surface area contributed by atoms with Crippen molar-refractivity contribution in [3.63, 3.8) is 0 Å². The van der Waals surface area contributed by atoms with Gasteiger partial charge in [-0.3, -0.25) is 0 Å². The van der Waals surface area contributed by atoms with Gasteiger partial charge < -0.3 is 25.0 Å². The Hall–Kier alpha value is -2.64.